The number of hydrogen-bond donors (Lipinski definition) is 3. The maximum Gasteiger partial charge on any atom is 0.338 e. The van der Waals surface area contributed by atoms with Gasteiger partial charge in [-0.25, -0.2) is 15.0 Å². The Morgan fingerprint density at radius 3 is 2.62 bits per heavy atom. The van der Waals surface area contributed by atoms with Crippen molar-refractivity contribution in [2.24, 2.45) is 5.10 Å². The molecule has 0 aliphatic carbocycles. The van der Waals surface area contributed by atoms with Crippen molar-refractivity contribution in [1.82, 2.24) is 16.1 Å². The van der Waals surface area contributed by atoms with Crippen LogP contribution in [0.25, 0.3) is 10.8 Å². The average Bonchev–Trinajstić information content (AvgIpc) is 3.06. The maximum absolute atomic E-state index is 12.7. The van der Waals surface area contributed by atoms with Crippen molar-refractivity contribution in [2.45, 2.75) is 26.5 Å². The lowest BCUT2D eigenvalue weighted by Gasteiger charge is -2.28. The zero-order valence-corrected chi connectivity index (χ0v) is 28.6. The Morgan fingerprint density at radius 1 is 1.04 bits per heavy atom. The highest BCUT2D eigenvalue weighted by molar-refractivity contribution is 9.10. The molecule has 1 atom stereocenters. The van der Waals surface area contributed by atoms with Crippen molar-refractivity contribution in [3.63, 3.8) is 0 Å². The van der Waals surface area contributed by atoms with E-state index < -0.39 is 23.9 Å². The number of amides is 3. The first-order valence-corrected chi connectivity index (χ1v) is 16.0. The highest BCUT2D eigenvalue weighted by Crippen LogP contribution is 2.35. The minimum Gasteiger partial charge on any atom is -0.493 e. The number of carbonyl (C=O) groups excluding carboxylic acids is 3. The molecule has 0 saturated heterocycles. The molecule has 1 aliphatic heterocycles. The molecule has 0 saturated carbocycles. The van der Waals surface area contributed by atoms with E-state index in [1.54, 1.807) is 44.2 Å². The second-order valence-electron chi connectivity index (χ2n) is 10.5. The van der Waals surface area contributed by atoms with Gasteiger partial charge in [0.1, 0.15) is 12.4 Å². The van der Waals surface area contributed by atoms with Gasteiger partial charge in [0.05, 0.1) is 36.0 Å². The number of fused-ring (bicyclic) bond motifs is 1. The van der Waals surface area contributed by atoms with Gasteiger partial charge in [-0.05, 0) is 75.9 Å². The molecule has 0 radical (unpaired) electrons. The van der Waals surface area contributed by atoms with E-state index >= 15 is 0 Å². The zero-order chi connectivity index (χ0) is 34.2. The first-order chi connectivity index (χ1) is 23.2. The van der Waals surface area contributed by atoms with Gasteiger partial charge in [-0.2, -0.15) is 5.10 Å². The molecule has 3 amide bonds. The molecule has 11 nitrogen and oxygen atoms in total. The Kier molecular flexibility index (Phi) is 11.2. The number of halogens is 2. The van der Waals surface area contributed by atoms with Gasteiger partial charge in [0.15, 0.2) is 18.1 Å². The average molecular weight is 736 g/mol. The van der Waals surface area contributed by atoms with E-state index in [1.165, 1.54) is 13.3 Å². The van der Waals surface area contributed by atoms with Gasteiger partial charge in [0.25, 0.3) is 5.91 Å². The number of hydrazone groups is 1. The standard InChI is InChI=1S/C35H32BrClN4O7/c1-4-46-34(43)31-20(2)39-35(44)40-32(31)22-12-13-28(29(15-22)45-3)47-19-30(42)41-38-17-24-14-25(37)16-27(36)33(24)48-18-23-10-7-9-21-8-5-6-11-26(21)23/h5-17,32H,4,18-19H2,1-3H3,(H,41,42)(H2,39,40,44)/b38-17+/t32-/m1/s1. The van der Waals surface area contributed by atoms with E-state index in [9.17, 15) is 14.4 Å². The summed E-state index contributed by atoms with van der Waals surface area (Å²) in [6, 6.07) is 21.1. The Labute approximate surface area is 290 Å². The third-order valence-corrected chi connectivity index (χ3v) is 8.13. The van der Waals surface area contributed by atoms with E-state index in [2.05, 4.69) is 37.1 Å². The molecule has 248 valence electrons. The number of urea groups is 1. The lowest BCUT2D eigenvalue weighted by molar-refractivity contribution is -0.139. The molecule has 0 bridgehead atoms. The van der Waals surface area contributed by atoms with Gasteiger partial charge in [-0.15, -0.1) is 0 Å². The molecule has 4 aromatic carbocycles. The van der Waals surface area contributed by atoms with Crippen molar-refractivity contribution in [2.75, 3.05) is 20.3 Å². The predicted molar refractivity (Wildman–Crippen MR) is 185 cm³/mol. The molecule has 5 rings (SSSR count). The summed E-state index contributed by atoms with van der Waals surface area (Å²) in [5, 5.41) is 12.1. The molecular formula is C35H32BrClN4O7. The van der Waals surface area contributed by atoms with Crippen LogP contribution in [0.3, 0.4) is 0 Å². The third kappa shape index (κ3) is 8.07. The lowest BCUT2D eigenvalue weighted by Crippen LogP contribution is -2.45. The molecule has 1 heterocycles. The summed E-state index contributed by atoms with van der Waals surface area (Å²) in [5.41, 5.74) is 5.20. The molecule has 48 heavy (non-hydrogen) atoms. The highest BCUT2D eigenvalue weighted by Gasteiger charge is 2.32. The normalized spacial score (nSPS) is 14.4. The van der Waals surface area contributed by atoms with Gasteiger partial charge >= 0.3 is 12.0 Å². The zero-order valence-electron chi connectivity index (χ0n) is 26.3. The van der Waals surface area contributed by atoms with Crippen LogP contribution in [-0.2, 0) is 20.9 Å². The van der Waals surface area contributed by atoms with Crippen LogP contribution in [0.15, 0.2) is 93.6 Å². The fourth-order valence-electron chi connectivity index (χ4n) is 5.15. The summed E-state index contributed by atoms with van der Waals surface area (Å²) in [4.78, 5) is 37.5. The van der Waals surface area contributed by atoms with E-state index in [0.29, 0.717) is 38.7 Å². The first kappa shape index (κ1) is 34.3. The molecule has 0 aromatic heterocycles. The number of ether oxygens (including phenoxy) is 4. The molecule has 0 fully saturated rings. The number of rotatable bonds is 12. The van der Waals surface area contributed by atoms with E-state index in [0.717, 1.165) is 16.3 Å². The van der Waals surface area contributed by atoms with Gasteiger partial charge < -0.3 is 29.6 Å². The van der Waals surface area contributed by atoms with Crippen LogP contribution in [-0.4, -0.2) is 44.4 Å². The molecule has 13 heteroatoms. The first-order valence-electron chi connectivity index (χ1n) is 14.8. The van der Waals surface area contributed by atoms with Gasteiger partial charge in [-0.1, -0.05) is 60.1 Å². The number of allylic oxidation sites excluding steroid dienone is 1. The van der Waals surface area contributed by atoms with E-state index in [4.69, 9.17) is 30.5 Å². The largest absolute Gasteiger partial charge is 0.493 e. The van der Waals surface area contributed by atoms with Crippen LogP contribution in [0.2, 0.25) is 5.02 Å². The number of nitrogens with zero attached hydrogens (tertiary/aromatic N) is 1. The number of nitrogens with one attached hydrogen (secondary N) is 3. The minimum absolute atomic E-state index is 0.177. The fraction of sp³-hybridized carbons (Fsp3) is 0.200. The summed E-state index contributed by atoms with van der Waals surface area (Å²) in [5.74, 6) is -0.0354. The molecule has 0 unspecified atom stereocenters. The van der Waals surface area contributed by atoms with Gasteiger partial charge in [0.2, 0.25) is 0 Å². The van der Waals surface area contributed by atoms with Crippen LogP contribution < -0.4 is 30.3 Å². The number of methoxy groups -OCH3 is 1. The summed E-state index contributed by atoms with van der Waals surface area (Å²) in [6.07, 6.45) is 1.44. The SMILES string of the molecule is CCOC(=O)C1=C(C)NC(=O)N[C@@H]1c1ccc(OCC(=O)N/N=C/c2cc(Cl)cc(Br)c2OCc2cccc3ccccc23)c(OC)c1. The number of benzene rings is 4. The second-order valence-corrected chi connectivity index (χ2v) is 11.8. The van der Waals surface area contributed by atoms with E-state index in [1.807, 2.05) is 42.5 Å². The Balaban J connectivity index is 1.24. The molecule has 1 aliphatic rings. The van der Waals surface area contributed by atoms with Crippen LogP contribution in [0.4, 0.5) is 4.79 Å². The van der Waals surface area contributed by atoms with Crippen LogP contribution in [0.5, 0.6) is 17.2 Å². The van der Waals surface area contributed by atoms with Crippen LogP contribution in [0.1, 0.15) is 36.6 Å². The molecule has 0 spiro atoms. The minimum atomic E-state index is -0.786. The number of esters is 1. The Morgan fingerprint density at radius 2 is 1.83 bits per heavy atom. The van der Waals surface area contributed by atoms with Crippen LogP contribution in [0, 0.1) is 0 Å². The van der Waals surface area contributed by atoms with Crippen molar-refractivity contribution in [1.29, 1.82) is 0 Å². The molecular weight excluding hydrogens is 704 g/mol. The number of hydrogen-bond acceptors (Lipinski definition) is 8. The third-order valence-electron chi connectivity index (χ3n) is 7.33. The van der Waals surface area contributed by atoms with Crippen LogP contribution >= 0.6 is 27.5 Å². The predicted octanol–water partition coefficient (Wildman–Crippen LogP) is 6.56. The van der Waals surface area contributed by atoms with E-state index in [-0.39, 0.29) is 30.3 Å². The van der Waals surface area contributed by atoms with Crippen molar-refractivity contribution in [3.8, 4) is 17.2 Å². The summed E-state index contributed by atoms with van der Waals surface area (Å²) in [7, 11) is 1.44. The van der Waals surface area contributed by atoms with Crippen molar-refractivity contribution >= 4 is 62.4 Å². The maximum atomic E-state index is 12.7. The number of carbonyl (C=O) groups is 3. The van der Waals surface area contributed by atoms with Gasteiger partial charge in [0, 0.05) is 16.3 Å². The van der Waals surface area contributed by atoms with Crippen molar-refractivity contribution in [3.05, 3.63) is 110 Å². The quantitative estimate of drug-likeness (QED) is 0.0852. The van der Waals surface area contributed by atoms with Crippen molar-refractivity contribution < 1.29 is 33.3 Å². The summed E-state index contributed by atoms with van der Waals surface area (Å²) >= 11 is 9.82. The second kappa shape index (κ2) is 15.7. The Bertz CT molecular complexity index is 1930. The molecule has 3 N–H and O–H groups in total. The summed E-state index contributed by atoms with van der Waals surface area (Å²) < 4.78 is 23.2. The smallest absolute Gasteiger partial charge is 0.338 e. The van der Waals surface area contributed by atoms with Gasteiger partial charge in [-0.3, -0.25) is 4.79 Å². The fourth-order valence-corrected chi connectivity index (χ4v) is 6.10. The summed E-state index contributed by atoms with van der Waals surface area (Å²) in [6.45, 7) is 3.42. The lowest BCUT2D eigenvalue weighted by atomic mass is 9.95. The monoisotopic (exact) mass is 734 g/mol. The molecule has 4 aromatic rings. The Hall–Kier alpha value is -5.07. The highest BCUT2D eigenvalue weighted by atomic mass is 79.9. The topological polar surface area (TPSA) is 137 Å².